The lowest BCUT2D eigenvalue weighted by Crippen LogP contribution is -2.36. The average molecular weight is 165 g/mol. The Hall–Kier alpha value is -0.0400. The van der Waals surface area contributed by atoms with Crippen LogP contribution < -0.4 is 0 Å². The number of nitrogens with zero attached hydrogens (tertiary/aromatic N) is 1. The molecule has 3 heterocycles. The lowest BCUT2D eigenvalue weighted by molar-refractivity contribution is 0.177. The lowest BCUT2D eigenvalue weighted by atomic mass is 9.85. The highest BCUT2D eigenvalue weighted by atomic mass is 15.2. The van der Waals surface area contributed by atoms with E-state index in [1.807, 2.05) is 0 Å². The fourth-order valence-corrected chi connectivity index (χ4v) is 3.69. The number of hydrogen-bond acceptors (Lipinski definition) is 1. The minimum atomic E-state index is 0.997. The first-order valence-electron chi connectivity index (χ1n) is 5.69. The van der Waals surface area contributed by atoms with Crippen molar-refractivity contribution in [2.75, 3.05) is 6.54 Å². The van der Waals surface area contributed by atoms with Crippen LogP contribution in [0.15, 0.2) is 0 Å². The Morgan fingerprint density at radius 1 is 0.833 bits per heavy atom. The molecular formula is C11H19N. The molecule has 1 nitrogen and oxygen atoms in total. The zero-order valence-corrected chi connectivity index (χ0v) is 7.84. The van der Waals surface area contributed by atoms with Gasteiger partial charge in [-0.2, -0.15) is 0 Å². The van der Waals surface area contributed by atoms with Crippen LogP contribution in [0.5, 0.6) is 0 Å². The molecular weight excluding hydrogens is 146 g/mol. The lowest BCUT2D eigenvalue weighted by Gasteiger charge is -2.30. The summed E-state index contributed by atoms with van der Waals surface area (Å²) in [6.45, 7) is 1.42. The van der Waals surface area contributed by atoms with Gasteiger partial charge in [0.25, 0.3) is 0 Å². The second kappa shape index (κ2) is 2.73. The predicted octanol–water partition coefficient (Wildman–Crippen LogP) is 2.41. The smallest absolute Gasteiger partial charge is 0.0101 e. The van der Waals surface area contributed by atoms with E-state index in [1.165, 1.54) is 51.5 Å². The molecule has 0 spiro atoms. The normalized spacial score (nSPS) is 47.5. The topological polar surface area (TPSA) is 3.24 Å². The van der Waals surface area contributed by atoms with Crippen LogP contribution in [0.4, 0.5) is 0 Å². The van der Waals surface area contributed by atoms with E-state index in [0.29, 0.717) is 0 Å². The predicted molar refractivity (Wildman–Crippen MR) is 50.1 cm³/mol. The van der Waals surface area contributed by atoms with Gasteiger partial charge in [-0.15, -0.1) is 0 Å². The van der Waals surface area contributed by atoms with Crippen molar-refractivity contribution in [1.82, 2.24) is 4.90 Å². The highest BCUT2D eigenvalue weighted by molar-refractivity contribution is 4.93. The van der Waals surface area contributed by atoms with Crippen LogP contribution >= 0.6 is 0 Å². The van der Waals surface area contributed by atoms with Gasteiger partial charge in [0.1, 0.15) is 0 Å². The van der Waals surface area contributed by atoms with Gasteiger partial charge < -0.3 is 0 Å². The maximum absolute atomic E-state index is 2.84. The van der Waals surface area contributed by atoms with Crippen molar-refractivity contribution in [3.63, 3.8) is 0 Å². The minimum Gasteiger partial charge on any atom is -0.297 e. The Labute approximate surface area is 75.1 Å². The van der Waals surface area contributed by atoms with E-state index in [1.54, 1.807) is 0 Å². The summed E-state index contributed by atoms with van der Waals surface area (Å²) in [6.07, 6.45) is 10.6. The first-order chi connectivity index (χ1) is 5.93. The van der Waals surface area contributed by atoms with Crippen molar-refractivity contribution >= 4 is 0 Å². The molecule has 3 aliphatic heterocycles. The highest BCUT2D eigenvalue weighted by Gasteiger charge is 2.38. The van der Waals surface area contributed by atoms with E-state index in [2.05, 4.69) is 4.90 Å². The highest BCUT2D eigenvalue weighted by Crippen LogP contribution is 2.40. The van der Waals surface area contributed by atoms with Gasteiger partial charge >= 0.3 is 0 Å². The molecule has 1 unspecified atom stereocenters. The Morgan fingerprint density at radius 3 is 2.50 bits per heavy atom. The summed E-state index contributed by atoms with van der Waals surface area (Å²) < 4.78 is 0. The Balaban J connectivity index is 1.86. The fourth-order valence-electron chi connectivity index (χ4n) is 3.69. The summed E-state index contributed by atoms with van der Waals surface area (Å²) in [5.74, 6) is 1.11. The van der Waals surface area contributed by atoms with Crippen molar-refractivity contribution in [3.8, 4) is 0 Å². The molecule has 0 amide bonds. The van der Waals surface area contributed by atoms with E-state index in [9.17, 15) is 0 Å². The third-order valence-electron chi connectivity index (χ3n) is 4.31. The quantitative estimate of drug-likeness (QED) is 0.533. The molecule has 0 aromatic rings. The molecule has 0 radical (unpaired) electrons. The molecule has 12 heavy (non-hydrogen) atoms. The van der Waals surface area contributed by atoms with Gasteiger partial charge in [-0.05, 0) is 57.4 Å². The third kappa shape index (κ3) is 1.02. The van der Waals surface area contributed by atoms with Gasteiger partial charge in [0.15, 0.2) is 0 Å². The maximum atomic E-state index is 2.84. The van der Waals surface area contributed by atoms with Gasteiger partial charge in [-0.3, -0.25) is 4.90 Å². The molecule has 3 saturated heterocycles. The Morgan fingerprint density at radius 2 is 1.67 bits per heavy atom. The molecule has 4 fully saturated rings. The fraction of sp³-hybridized carbons (Fsp3) is 1.00. The zero-order chi connectivity index (χ0) is 7.97. The van der Waals surface area contributed by atoms with Crippen LogP contribution in [0.3, 0.4) is 0 Å². The SMILES string of the molecule is C1CC2CC3CCC(CC3)N2C1. The van der Waals surface area contributed by atoms with Gasteiger partial charge in [-0.25, -0.2) is 0 Å². The molecule has 1 atom stereocenters. The van der Waals surface area contributed by atoms with Gasteiger partial charge in [0.2, 0.25) is 0 Å². The summed E-state index contributed by atoms with van der Waals surface area (Å²) in [5.41, 5.74) is 0. The molecule has 0 N–H and O–H groups in total. The molecule has 0 aromatic carbocycles. The van der Waals surface area contributed by atoms with Crippen LogP contribution in [0.1, 0.15) is 44.9 Å². The largest absolute Gasteiger partial charge is 0.297 e. The molecule has 1 aliphatic carbocycles. The first-order valence-corrected chi connectivity index (χ1v) is 5.69. The van der Waals surface area contributed by atoms with Crippen LogP contribution in [0, 0.1) is 5.92 Å². The summed E-state index contributed by atoms with van der Waals surface area (Å²) >= 11 is 0. The number of rotatable bonds is 0. The van der Waals surface area contributed by atoms with Crippen LogP contribution in [-0.4, -0.2) is 23.5 Å². The zero-order valence-electron chi connectivity index (χ0n) is 7.84. The molecule has 1 saturated carbocycles. The maximum Gasteiger partial charge on any atom is 0.0101 e. The molecule has 0 aromatic heterocycles. The first kappa shape index (κ1) is 7.37. The molecule has 1 heteroatoms. The van der Waals surface area contributed by atoms with Gasteiger partial charge in [0.05, 0.1) is 0 Å². The molecule has 2 bridgehead atoms. The van der Waals surface area contributed by atoms with E-state index in [-0.39, 0.29) is 0 Å². The minimum absolute atomic E-state index is 0.997. The standard InChI is InChI=1S/C11H19N/c1-2-11-8-9-3-5-10(6-4-9)12(11)7-1/h9-11H,1-8H2. The van der Waals surface area contributed by atoms with E-state index in [4.69, 9.17) is 0 Å². The Bertz CT molecular complexity index is 168. The van der Waals surface area contributed by atoms with Crippen molar-refractivity contribution in [2.45, 2.75) is 57.0 Å². The second-order valence-corrected chi connectivity index (χ2v) is 4.94. The van der Waals surface area contributed by atoms with E-state index < -0.39 is 0 Å². The van der Waals surface area contributed by atoms with Crippen molar-refractivity contribution < 1.29 is 0 Å². The van der Waals surface area contributed by atoms with Crippen molar-refractivity contribution in [1.29, 1.82) is 0 Å². The van der Waals surface area contributed by atoms with E-state index in [0.717, 1.165) is 18.0 Å². The summed E-state index contributed by atoms with van der Waals surface area (Å²) in [4.78, 5) is 2.84. The van der Waals surface area contributed by atoms with Crippen LogP contribution in [-0.2, 0) is 0 Å². The summed E-state index contributed by atoms with van der Waals surface area (Å²) in [7, 11) is 0. The molecule has 4 rings (SSSR count). The molecule has 68 valence electrons. The van der Waals surface area contributed by atoms with E-state index >= 15 is 0 Å². The number of fused-ring (bicyclic) bond motifs is 2. The van der Waals surface area contributed by atoms with Gasteiger partial charge in [-0.1, -0.05) is 0 Å². The van der Waals surface area contributed by atoms with Gasteiger partial charge in [0, 0.05) is 12.1 Å². The second-order valence-electron chi connectivity index (χ2n) is 4.94. The van der Waals surface area contributed by atoms with Crippen molar-refractivity contribution in [2.24, 2.45) is 5.92 Å². The average Bonchev–Trinajstić information content (AvgIpc) is 2.44. The van der Waals surface area contributed by atoms with Crippen LogP contribution in [0.2, 0.25) is 0 Å². The third-order valence-corrected chi connectivity index (χ3v) is 4.31. The Kier molecular flexibility index (Phi) is 1.68. The summed E-state index contributed by atoms with van der Waals surface area (Å²) in [6, 6.07) is 2.00. The number of hydrogen-bond donors (Lipinski definition) is 0. The molecule has 4 aliphatic rings. The van der Waals surface area contributed by atoms with Crippen LogP contribution in [0.25, 0.3) is 0 Å². The monoisotopic (exact) mass is 165 g/mol. The summed E-state index contributed by atoms with van der Waals surface area (Å²) in [5, 5.41) is 0. The van der Waals surface area contributed by atoms with Crippen molar-refractivity contribution in [3.05, 3.63) is 0 Å².